The topological polar surface area (TPSA) is 125 Å². The Morgan fingerprint density at radius 2 is 1.69 bits per heavy atom. The predicted octanol–water partition coefficient (Wildman–Crippen LogP) is -2.26. The normalized spacial score (nSPS) is 7.08. The molecule has 0 aromatic heterocycles. The van der Waals surface area contributed by atoms with Gasteiger partial charge in [0.15, 0.2) is 0 Å². The zero-order valence-corrected chi connectivity index (χ0v) is 9.91. The molecule has 6 heteroatoms. The van der Waals surface area contributed by atoms with Crippen molar-refractivity contribution < 1.29 is 26.0 Å². The van der Waals surface area contributed by atoms with E-state index in [-0.39, 0.29) is 42.7 Å². The molecule has 0 bridgehead atoms. The molecule has 0 saturated heterocycles. The molecule has 0 aliphatic rings. The van der Waals surface area contributed by atoms with E-state index in [1.807, 2.05) is 0 Å². The molecule has 0 amide bonds. The number of carboxylic acid groups (broad SMARTS) is 1. The van der Waals surface area contributed by atoms with E-state index in [0.29, 0.717) is 0 Å². The maximum atomic E-state index is 10.6. The van der Waals surface area contributed by atoms with E-state index in [1.165, 1.54) is 24.3 Å². The summed E-state index contributed by atoms with van der Waals surface area (Å²) in [5, 5.41) is 20.8. The van der Waals surface area contributed by atoms with Crippen LogP contribution >= 0.6 is 0 Å². The van der Waals surface area contributed by atoms with Crippen LogP contribution in [0.4, 0.5) is 0 Å². The second-order valence-corrected chi connectivity index (χ2v) is 1.78. The predicted molar refractivity (Wildman–Crippen MR) is 41.5 cm³/mol. The number of aromatic carboxylic acids is 1. The Morgan fingerprint density at radius 3 is 2.00 bits per heavy atom. The fourth-order valence-corrected chi connectivity index (χ4v) is 0.635. The van der Waals surface area contributed by atoms with Crippen molar-refractivity contribution in [1.29, 1.82) is 0 Å². The molecule has 3 N–H and O–H groups in total. The molecule has 13 heavy (non-hydrogen) atoms. The molecular formula is C7H7BiO5. The molecule has 2 radical (unpaired) electrons. The van der Waals surface area contributed by atoms with Gasteiger partial charge in [0.05, 0.1) is 5.97 Å². The molecule has 1 aromatic carbocycles. The SMILES string of the molecule is O.O=C([O-])c1ccccc1[O-].[Bi+3].[OH-]. The van der Waals surface area contributed by atoms with Gasteiger partial charge in [-0.25, -0.2) is 0 Å². The molecule has 0 unspecified atom stereocenters. The summed E-state index contributed by atoms with van der Waals surface area (Å²) in [6, 6.07) is 5.37. The summed E-state index contributed by atoms with van der Waals surface area (Å²) in [6.45, 7) is 0. The minimum Gasteiger partial charge on any atom is -0.872 e. The third-order valence-electron chi connectivity index (χ3n) is 1.11. The number of rotatable bonds is 1. The molecule has 0 fully saturated rings. The Hall–Kier alpha value is -0.707. The minimum absolute atomic E-state index is 0. The van der Waals surface area contributed by atoms with Crippen LogP contribution in [0.3, 0.4) is 0 Å². The van der Waals surface area contributed by atoms with Crippen molar-refractivity contribution >= 4 is 32.2 Å². The third kappa shape index (κ3) is 4.77. The largest absolute Gasteiger partial charge is 3.00 e. The molecule has 0 saturated carbocycles. The van der Waals surface area contributed by atoms with Crippen LogP contribution in [0.1, 0.15) is 10.4 Å². The molecule has 0 aliphatic heterocycles. The molecule has 1 aromatic rings. The van der Waals surface area contributed by atoms with E-state index >= 15 is 0 Å². The van der Waals surface area contributed by atoms with Gasteiger partial charge in [-0.15, -0.1) is 0 Å². The van der Waals surface area contributed by atoms with Crippen molar-refractivity contribution in [2.75, 3.05) is 0 Å². The first-order valence-corrected chi connectivity index (χ1v) is 2.69. The van der Waals surface area contributed by atoms with E-state index in [9.17, 15) is 15.0 Å². The summed E-state index contributed by atoms with van der Waals surface area (Å²) < 4.78 is 0. The minimum atomic E-state index is -1.43. The van der Waals surface area contributed by atoms with Gasteiger partial charge in [0, 0.05) is 0 Å². The van der Waals surface area contributed by atoms with Crippen LogP contribution in [0.25, 0.3) is 0 Å². The molecule has 0 atom stereocenters. The van der Waals surface area contributed by atoms with E-state index < -0.39 is 11.7 Å². The van der Waals surface area contributed by atoms with Gasteiger partial charge in [-0.05, 0) is 5.56 Å². The first kappa shape index (κ1) is 18.2. The molecule has 0 spiro atoms. The maximum Gasteiger partial charge on any atom is 3.00 e. The number of hydrogen-bond acceptors (Lipinski definition) is 4. The van der Waals surface area contributed by atoms with Crippen LogP contribution in [0, 0.1) is 0 Å². The van der Waals surface area contributed by atoms with Crippen LogP contribution in [0.2, 0.25) is 0 Å². The van der Waals surface area contributed by atoms with Crippen molar-refractivity contribution in [2.45, 2.75) is 0 Å². The van der Waals surface area contributed by atoms with Gasteiger partial charge in [-0.2, -0.15) is 0 Å². The summed E-state index contributed by atoms with van der Waals surface area (Å²) in [4.78, 5) is 10.1. The number of para-hydroxylation sites is 1. The van der Waals surface area contributed by atoms with Crippen LogP contribution < -0.4 is 10.2 Å². The second kappa shape index (κ2) is 7.92. The van der Waals surface area contributed by atoms with Gasteiger partial charge in [0.2, 0.25) is 0 Å². The molecule has 0 aliphatic carbocycles. The van der Waals surface area contributed by atoms with Crippen molar-refractivity contribution in [3.8, 4) is 5.75 Å². The summed E-state index contributed by atoms with van der Waals surface area (Å²) in [7, 11) is 0. The molecule has 0 heterocycles. The zero-order chi connectivity index (χ0) is 7.56. The first-order valence-electron chi connectivity index (χ1n) is 2.69. The standard InChI is InChI=1S/C7H6O3.Bi.2H2O/c8-6-4-2-1-3-5(6)7(9)10;;;/h1-4,8H,(H,9,10);;2*1H2/q;+3;;/p-3. The van der Waals surface area contributed by atoms with Crippen molar-refractivity contribution in [3.63, 3.8) is 0 Å². The average Bonchev–Trinajstić information content (AvgIpc) is 1.88. The van der Waals surface area contributed by atoms with Crippen LogP contribution in [0.15, 0.2) is 24.3 Å². The number of carbonyl (C=O) groups is 1. The Labute approximate surface area is 93.8 Å². The quantitative estimate of drug-likeness (QED) is 0.510. The van der Waals surface area contributed by atoms with Crippen LogP contribution in [-0.4, -0.2) is 43.1 Å². The van der Waals surface area contributed by atoms with Gasteiger partial charge >= 0.3 is 26.2 Å². The van der Waals surface area contributed by atoms with Crippen molar-refractivity contribution in [1.82, 2.24) is 0 Å². The number of benzene rings is 1. The van der Waals surface area contributed by atoms with Gasteiger partial charge in [-0.3, -0.25) is 0 Å². The summed E-state index contributed by atoms with van der Waals surface area (Å²) in [6.07, 6.45) is 0. The number of carboxylic acids is 1. The van der Waals surface area contributed by atoms with E-state index in [4.69, 9.17) is 0 Å². The fourth-order valence-electron chi connectivity index (χ4n) is 0.635. The molecule has 5 nitrogen and oxygen atoms in total. The van der Waals surface area contributed by atoms with Crippen molar-refractivity contribution in [2.24, 2.45) is 0 Å². The summed E-state index contributed by atoms with van der Waals surface area (Å²) in [5.41, 5.74) is -0.289. The Morgan fingerprint density at radius 1 is 1.23 bits per heavy atom. The Kier molecular flexibility index (Phi) is 11.1. The molecule has 70 valence electrons. The number of hydrogen-bond donors (Lipinski definition) is 0. The monoisotopic (exact) mass is 380 g/mol. The Balaban J connectivity index is -0.000000333. The van der Waals surface area contributed by atoms with E-state index in [0.717, 1.165) is 0 Å². The average molecular weight is 380 g/mol. The molecular weight excluding hydrogens is 373 g/mol. The van der Waals surface area contributed by atoms with Gasteiger partial charge in [0.25, 0.3) is 0 Å². The van der Waals surface area contributed by atoms with Crippen molar-refractivity contribution in [3.05, 3.63) is 29.8 Å². The first-order chi connectivity index (χ1) is 4.72. The van der Waals surface area contributed by atoms with Gasteiger partial charge in [0.1, 0.15) is 0 Å². The Bertz CT molecular complexity index is 263. The second-order valence-electron chi connectivity index (χ2n) is 1.78. The van der Waals surface area contributed by atoms with Gasteiger partial charge < -0.3 is 26.0 Å². The number of carbonyl (C=O) groups excluding carboxylic acids is 1. The van der Waals surface area contributed by atoms with Crippen LogP contribution in [-0.2, 0) is 0 Å². The maximum absolute atomic E-state index is 10.6. The van der Waals surface area contributed by atoms with E-state index in [2.05, 4.69) is 0 Å². The summed E-state index contributed by atoms with van der Waals surface area (Å²) >= 11 is 0. The molecule has 1 rings (SSSR count). The van der Waals surface area contributed by atoms with E-state index in [1.54, 1.807) is 0 Å². The third-order valence-corrected chi connectivity index (χ3v) is 1.11. The zero-order valence-electron chi connectivity index (χ0n) is 6.43. The smallest absolute Gasteiger partial charge is 0.872 e. The summed E-state index contributed by atoms with van der Waals surface area (Å²) in [5.74, 6) is -1.94. The van der Waals surface area contributed by atoms with Crippen LogP contribution in [0.5, 0.6) is 5.75 Å². The van der Waals surface area contributed by atoms with Gasteiger partial charge in [-0.1, -0.05) is 30.0 Å². The fraction of sp³-hybridized carbons (Fsp3) is 0.